The van der Waals surface area contributed by atoms with E-state index in [0.717, 1.165) is 12.5 Å². The molecule has 0 spiro atoms. The van der Waals surface area contributed by atoms with Gasteiger partial charge >= 0.3 is 0 Å². The van der Waals surface area contributed by atoms with E-state index in [0.29, 0.717) is 0 Å². The third-order valence-electron chi connectivity index (χ3n) is 1.27. The third kappa shape index (κ3) is 2.39. The van der Waals surface area contributed by atoms with Gasteiger partial charge in [-0.2, -0.15) is 0 Å². The number of nitrogens with zero attached hydrogens (tertiary/aromatic N) is 1. The van der Waals surface area contributed by atoms with Crippen molar-refractivity contribution in [3.63, 3.8) is 0 Å². The summed E-state index contributed by atoms with van der Waals surface area (Å²) in [5, 5.41) is 0. The Bertz CT molecular complexity index is 264. The smallest absolute Gasteiger partial charge is 0.155 e. The van der Waals surface area contributed by atoms with E-state index in [2.05, 4.69) is 64.3 Å². The molecule has 0 aromatic carbocycles. The van der Waals surface area contributed by atoms with Gasteiger partial charge in [-0.25, -0.2) is 4.98 Å². The highest BCUT2D eigenvalue weighted by Crippen LogP contribution is 2.33. The van der Waals surface area contributed by atoms with Gasteiger partial charge in [-0.15, -0.1) is 11.3 Å². The fraction of sp³-hybridized carbons (Fsp3) is 0.571. The van der Waals surface area contributed by atoms with E-state index >= 15 is 0 Å². The van der Waals surface area contributed by atoms with Crippen molar-refractivity contribution < 1.29 is 0 Å². The molecule has 0 fully saturated rings. The van der Waals surface area contributed by atoms with Crippen LogP contribution in [0.25, 0.3) is 0 Å². The van der Waals surface area contributed by atoms with Gasteiger partial charge in [0.05, 0.1) is 9.48 Å². The van der Waals surface area contributed by atoms with Crippen molar-refractivity contribution in [3.05, 3.63) is 12.5 Å². The Hall–Kier alpha value is 0.840. The van der Waals surface area contributed by atoms with E-state index in [9.17, 15) is 0 Å². The van der Waals surface area contributed by atoms with Crippen molar-refractivity contribution in [2.75, 3.05) is 0 Å². The maximum absolute atomic E-state index is 4.44. The molecule has 1 nitrogen and oxygen atoms in total. The Morgan fingerprint density at radius 3 is 2.18 bits per heavy atom. The van der Waals surface area contributed by atoms with Crippen molar-refractivity contribution in [1.82, 2.24) is 4.98 Å². The molecule has 0 aliphatic rings. The molecular formula is C7H9BrINS. The Morgan fingerprint density at radius 2 is 2.00 bits per heavy atom. The Morgan fingerprint density at radius 1 is 1.45 bits per heavy atom. The fourth-order valence-electron chi connectivity index (χ4n) is 0.739. The van der Waals surface area contributed by atoms with E-state index in [1.54, 1.807) is 11.3 Å². The lowest BCUT2D eigenvalue weighted by atomic mass is 9.93. The van der Waals surface area contributed by atoms with Gasteiger partial charge in [-0.05, 0) is 38.5 Å². The molecule has 1 aromatic heterocycles. The van der Waals surface area contributed by atoms with Crippen LogP contribution in [-0.2, 0) is 5.41 Å². The molecule has 0 saturated carbocycles. The first-order valence-corrected chi connectivity index (χ1v) is 5.92. The minimum Gasteiger partial charge on any atom is -0.233 e. The molecule has 0 amide bonds. The molecular weight excluding hydrogens is 337 g/mol. The minimum atomic E-state index is 0.152. The first-order chi connectivity index (χ1) is 4.91. The molecule has 0 bridgehead atoms. The SMILES string of the molecule is CC(C)(C)c1nc(I)sc1Br. The molecule has 0 unspecified atom stereocenters. The molecule has 0 saturated heterocycles. The zero-order valence-corrected chi connectivity index (χ0v) is 11.2. The summed E-state index contributed by atoms with van der Waals surface area (Å²) < 4.78 is 2.26. The van der Waals surface area contributed by atoms with Crippen molar-refractivity contribution >= 4 is 49.9 Å². The Kier molecular flexibility index (Phi) is 2.98. The van der Waals surface area contributed by atoms with Crippen molar-refractivity contribution in [2.24, 2.45) is 0 Å². The summed E-state index contributed by atoms with van der Waals surface area (Å²) in [6.07, 6.45) is 0. The van der Waals surface area contributed by atoms with E-state index in [1.165, 1.54) is 0 Å². The molecule has 0 atom stereocenters. The average Bonchev–Trinajstić information content (AvgIpc) is 2.08. The summed E-state index contributed by atoms with van der Waals surface area (Å²) in [6.45, 7) is 6.51. The first kappa shape index (κ1) is 9.92. The zero-order chi connectivity index (χ0) is 8.65. The first-order valence-electron chi connectivity index (χ1n) is 3.23. The highest BCUT2D eigenvalue weighted by molar-refractivity contribution is 14.1. The second-order valence-corrected chi connectivity index (χ2v) is 7.41. The van der Waals surface area contributed by atoms with Crippen LogP contribution in [0.1, 0.15) is 26.5 Å². The van der Waals surface area contributed by atoms with Crippen LogP contribution in [0, 0.1) is 3.01 Å². The van der Waals surface area contributed by atoms with E-state index < -0.39 is 0 Å². The summed E-state index contributed by atoms with van der Waals surface area (Å²) in [5.41, 5.74) is 1.31. The van der Waals surface area contributed by atoms with Crippen molar-refractivity contribution in [2.45, 2.75) is 26.2 Å². The Labute approximate surface area is 92.9 Å². The lowest BCUT2D eigenvalue weighted by Gasteiger charge is -2.15. The topological polar surface area (TPSA) is 12.9 Å². The van der Waals surface area contributed by atoms with Crippen molar-refractivity contribution in [3.8, 4) is 0 Å². The third-order valence-corrected chi connectivity index (χ3v) is 3.67. The molecule has 0 N–H and O–H groups in total. The predicted molar refractivity (Wildman–Crippen MR) is 61.2 cm³/mol. The maximum atomic E-state index is 4.44. The minimum absolute atomic E-state index is 0.152. The number of rotatable bonds is 0. The molecule has 62 valence electrons. The highest BCUT2D eigenvalue weighted by atomic mass is 127. The average molecular weight is 346 g/mol. The van der Waals surface area contributed by atoms with Crippen LogP contribution in [0.3, 0.4) is 0 Å². The molecule has 1 rings (SSSR count). The number of hydrogen-bond donors (Lipinski definition) is 0. The fourth-order valence-corrected chi connectivity index (χ4v) is 4.43. The van der Waals surface area contributed by atoms with Gasteiger partial charge in [-0.3, -0.25) is 0 Å². The Balaban J connectivity index is 3.13. The van der Waals surface area contributed by atoms with Crippen LogP contribution in [0.4, 0.5) is 0 Å². The van der Waals surface area contributed by atoms with Gasteiger partial charge < -0.3 is 0 Å². The van der Waals surface area contributed by atoms with Gasteiger partial charge in [0, 0.05) is 5.41 Å². The second-order valence-electron chi connectivity index (χ2n) is 3.34. The normalized spacial score (nSPS) is 12.1. The highest BCUT2D eigenvalue weighted by Gasteiger charge is 2.21. The van der Waals surface area contributed by atoms with Crippen LogP contribution in [0.5, 0.6) is 0 Å². The maximum Gasteiger partial charge on any atom is 0.155 e. The van der Waals surface area contributed by atoms with Crippen molar-refractivity contribution in [1.29, 1.82) is 0 Å². The van der Waals surface area contributed by atoms with Crippen LogP contribution >= 0.6 is 49.9 Å². The van der Waals surface area contributed by atoms with Crippen LogP contribution in [0.15, 0.2) is 3.79 Å². The molecule has 11 heavy (non-hydrogen) atoms. The molecule has 0 aliphatic carbocycles. The van der Waals surface area contributed by atoms with E-state index in [-0.39, 0.29) is 5.41 Å². The van der Waals surface area contributed by atoms with Gasteiger partial charge in [0.15, 0.2) is 3.01 Å². The number of halogens is 2. The lowest BCUT2D eigenvalue weighted by Crippen LogP contribution is -2.12. The largest absolute Gasteiger partial charge is 0.233 e. The molecule has 0 aliphatic heterocycles. The van der Waals surface area contributed by atoms with Gasteiger partial charge in [-0.1, -0.05) is 20.8 Å². The van der Waals surface area contributed by atoms with Crippen LogP contribution in [-0.4, -0.2) is 4.98 Å². The van der Waals surface area contributed by atoms with E-state index in [1.807, 2.05) is 0 Å². The molecule has 1 aromatic rings. The number of hydrogen-bond acceptors (Lipinski definition) is 2. The summed E-state index contributed by atoms with van der Waals surface area (Å²) in [7, 11) is 0. The van der Waals surface area contributed by atoms with Crippen LogP contribution in [0.2, 0.25) is 0 Å². The summed E-state index contributed by atoms with van der Waals surface area (Å²) in [5.74, 6) is 0. The van der Waals surface area contributed by atoms with Gasteiger partial charge in [0.1, 0.15) is 0 Å². The summed E-state index contributed by atoms with van der Waals surface area (Å²) >= 11 is 7.44. The lowest BCUT2D eigenvalue weighted by molar-refractivity contribution is 0.569. The van der Waals surface area contributed by atoms with Gasteiger partial charge in [0.2, 0.25) is 0 Å². The van der Waals surface area contributed by atoms with Crippen LogP contribution < -0.4 is 0 Å². The monoisotopic (exact) mass is 345 g/mol. The van der Waals surface area contributed by atoms with E-state index in [4.69, 9.17) is 0 Å². The molecule has 4 heteroatoms. The predicted octanol–water partition coefficient (Wildman–Crippen LogP) is 3.81. The second kappa shape index (κ2) is 3.30. The van der Waals surface area contributed by atoms with Gasteiger partial charge in [0.25, 0.3) is 0 Å². The summed E-state index contributed by atoms with van der Waals surface area (Å²) in [6, 6.07) is 0. The molecule has 0 radical (unpaired) electrons. The molecule has 1 heterocycles. The zero-order valence-electron chi connectivity index (χ0n) is 6.61. The number of thiazole rings is 1. The standard InChI is InChI=1S/C7H9BrINS/c1-7(2,3)4-5(8)11-6(9)10-4/h1-3H3. The summed E-state index contributed by atoms with van der Waals surface area (Å²) in [4.78, 5) is 4.44. The number of aromatic nitrogens is 1. The quantitative estimate of drug-likeness (QED) is 0.651.